The highest BCUT2D eigenvalue weighted by molar-refractivity contribution is 7.88. The Morgan fingerprint density at radius 3 is 2.31 bits per heavy atom. The van der Waals surface area contributed by atoms with Gasteiger partial charge in [-0.2, -0.15) is 0 Å². The molecule has 3 aromatic carbocycles. The van der Waals surface area contributed by atoms with E-state index in [0.717, 1.165) is 23.9 Å². The topological polar surface area (TPSA) is 97.8 Å². The van der Waals surface area contributed by atoms with Crippen molar-refractivity contribution in [3.8, 4) is 5.88 Å². The van der Waals surface area contributed by atoms with E-state index in [9.17, 15) is 17.9 Å². The number of fused-ring (bicyclic) bond motifs is 1. The Morgan fingerprint density at radius 1 is 1.03 bits per heavy atom. The van der Waals surface area contributed by atoms with E-state index in [2.05, 4.69) is 14.6 Å². The Bertz CT molecular complexity index is 1480. The predicted molar refractivity (Wildman–Crippen MR) is 137 cm³/mol. The minimum absolute atomic E-state index is 0.114. The number of nitrogens with zero attached hydrogens (tertiary/aromatic N) is 2. The quantitative estimate of drug-likeness (QED) is 0.318. The maximum atomic E-state index is 13.8. The average molecular weight is 495 g/mol. The van der Waals surface area contributed by atoms with Gasteiger partial charge in [0.05, 0.1) is 28.7 Å². The molecule has 0 amide bonds. The number of aromatic nitrogens is 1. The summed E-state index contributed by atoms with van der Waals surface area (Å²) in [5, 5.41) is 11.4. The highest BCUT2D eigenvalue weighted by Gasteiger charge is 2.19. The van der Waals surface area contributed by atoms with Gasteiger partial charge in [-0.1, -0.05) is 36.4 Å². The second-order valence-electron chi connectivity index (χ2n) is 8.69. The number of halogens is 1. The summed E-state index contributed by atoms with van der Waals surface area (Å²) in [6.07, 6.45) is 1.11. The van der Waals surface area contributed by atoms with Crippen LogP contribution in [0.5, 0.6) is 5.88 Å². The first-order chi connectivity index (χ1) is 16.6. The van der Waals surface area contributed by atoms with Gasteiger partial charge in [0.2, 0.25) is 10.0 Å². The van der Waals surface area contributed by atoms with Crippen LogP contribution in [0, 0.1) is 5.82 Å². The van der Waals surface area contributed by atoms with Gasteiger partial charge >= 0.3 is 0 Å². The van der Waals surface area contributed by atoms with Gasteiger partial charge in [-0.3, -0.25) is 0 Å². The van der Waals surface area contributed by atoms with Gasteiger partial charge in [-0.15, -0.1) is 0 Å². The van der Waals surface area contributed by atoms with Crippen molar-refractivity contribution in [2.24, 2.45) is 4.99 Å². The second kappa shape index (κ2) is 9.99. The maximum absolute atomic E-state index is 13.8. The highest BCUT2D eigenvalue weighted by Crippen LogP contribution is 2.32. The first-order valence-electron chi connectivity index (χ1n) is 11.0. The van der Waals surface area contributed by atoms with Crippen molar-refractivity contribution in [1.29, 1.82) is 0 Å². The molecule has 0 radical (unpaired) electrons. The number of H-pyrrole nitrogens is 1. The molecule has 0 aliphatic heterocycles. The molecule has 1 aromatic heterocycles. The van der Waals surface area contributed by atoms with Crippen LogP contribution in [0.1, 0.15) is 22.3 Å². The lowest BCUT2D eigenvalue weighted by atomic mass is 9.99. The van der Waals surface area contributed by atoms with E-state index in [1.165, 1.54) is 12.1 Å². The first-order valence-corrected chi connectivity index (χ1v) is 12.8. The average Bonchev–Trinajstić information content (AvgIpc) is 3.11. The summed E-state index contributed by atoms with van der Waals surface area (Å²) >= 11 is 0. The molecular weight excluding hydrogens is 467 g/mol. The van der Waals surface area contributed by atoms with Crippen LogP contribution in [-0.2, 0) is 23.1 Å². The van der Waals surface area contributed by atoms with Crippen molar-refractivity contribution >= 4 is 32.3 Å². The van der Waals surface area contributed by atoms with Crippen LogP contribution in [0.25, 0.3) is 10.9 Å². The molecule has 0 atom stereocenters. The molecule has 4 aromatic rings. The van der Waals surface area contributed by atoms with Gasteiger partial charge in [0, 0.05) is 24.0 Å². The Kier molecular flexibility index (Phi) is 7.02. The predicted octanol–water partition coefficient (Wildman–Crippen LogP) is 4.29. The summed E-state index contributed by atoms with van der Waals surface area (Å²) in [5.74, 6) is -0.528. The number of aliphatic imine (C=N–C) groups is 1. The van der Waals surface area contributed by atoms with E-state index in [1.807, 2.05) is 50.5 Å². The molecule has 0 saturated carbocycles. The molecule has 0 bridgehead atoms. The minimum atomic E-state index is -3.31. The smallest absolute Gasteiger partial charge is 0.209 e. The molecule has 0 aliphatic rings. The van der Waals surface area contributed by atoms with Crippen LogP contribution < -0.4 is 4.72 Å². The van der Waals surface area contributed by atoms with Crippen molar-refractivity contribution in [3.63, 3.8) is 0 Å². The van der Waals surface area contributed by atoms with Gasteiger partial charge in [-0.05, 0) is 55.6 Å². The molecule has 0 aliphatic carbocycles. The molecule has 4 rings (SSSR count). The number of hydrogen-bond donors (Lipinski definition) is 3. The SMILES string of the molecule is CN(C)Cc1ccc(N=C(c2ccc(CNS(C)(=O)=O)cc2)c2c(O)[nH]c3cc(F)ccc23)cc1. The van der Waals surface area contributed by atoms with E-state index in [1.54, 1.807) is 18.2 Å². The van der Waals surface area contributed by atoms with Crippen LogP contribution in [0.4, 0.5) is 10.1 Å². The third-order valence-electron chi connectivity index (χ3n) is 5.42. The van der Waals surface area contributed by atoms with Crippen LogP contribution in [-0.4, -0.2) is 49.5 Å². The van der Waals surface area contributed by atoms with Crippen molar-refractivity contribution < 1.29 is 17.9 Å². The summed E-state index contributed by atoms with van der Waals surface area (Å²) in [5.41, 5.74) is 4.75. The van der Waals surface area contributed by atoms with Crippen molar-refractivity contribution in [2.45, 2.75) is 13.1 Å². The molecule has 35 heavy (non-hydrogen) atoms. The molecule has 182 valence electrons. The summed E-state index contributed by atoms with van der Waals surface area (Å²) in [6.45, 7) is 0.963. The van der Waals surface area contributed by atoms with E-state index < -0.39 is 15.8 Å². The van der Waals surface area contributed by atoms with E-state index in [4.69, 9.17) is 4.99 Å². The third kappa shape index (κ3) is 6.13. The maximum Gasteiger partial charge on any atom is 0.209 e. The molecular formula is C26H27FN4O3S. The van der Waals surface area contributed by atoms with E-state index in [-0.39, 0.29) is 12.4 Å². The fourth-order valence-electron chi connectivity index (χ4n) is 3.83. The van der Waals surface area contributed by atoms with Gasteiger partial charge in [0.15, 0.2) is 5.88 Å². The van der Waals surface area contributed by atoms with Gasteiger partial charge < -0.3 is 15.0 Å². The number of hydrogen-bond acceptors (Lipinski definition) is 5. The lowest BCUT2D eigenvalue weighted by Crippen LogP contribution is -2.21. The number of sulfonamides is 1. The fraction of sp³-hybridized carbons (Fsp3) is 0.192. The molecule has 9 heteroatoms. The van der Waals surface area contributed by atoms with Gasteiger partial charge in [0.25, 0.3) is 0 Å². The normalized spacial score (nSPS) is 12.5. The Hall–Kier alpha value is -3.53. The number of benzene rings is 3. The number of nitrogens with one attached hydrogen (secondary N) is 2. The van der Waals surface area contributed by atoms with E-state index >= 15 is 0 Å². The third-order valence-corrected chi connectivity index (χ3v) is 6.09. The second-order valence-corrected chi connectivity index (χ2v) is 10.5. The zero-order chi connectivity index (χ0) is 25.2. The standard InChI is InChI=1S/C26H27FN4O3S/c1-31(2)16-18-6-11-21(12-7-18)29-25(19-8-4-17(5-9-19)15-28-35(3,33)34)24-22-13-10-20(27)14-23(22)30-26(24)32/h4-14,28,30,32H,15-16H2,1-3H3. The first kappa shape index (κ1) is 24.6. The Labute approximate surface area is 204 Å². The van der Waals surface area contributed by atoms with Crippen molar-refractivity contribution in [3.05, 3.63) is 94.8 Å². The number of aromatic hydroxyl groups is 1. The van der Waals surface area contributed by atoms with Gasteiger partial charge in [-0.25, -0.2) is 22.5 Å². The zero-order valence-electron chi connectivity index (χ0n) is 19.7. The summed E-state index contributed by atoms with van der Waals surface area (Å²) < 4.78 is 39.1. The summed E-state index contributed by atoms with van der Waals surface area (Å²) in [4.78, 5) is 9.77. The van der Waals surface area contributed by atoms with E-state index in [0.29, 0.717) is 33.4 Å². The molecule has 1 heterocycles. The van der Waals surface area contributed by atoms with Crippen LogP contribution in [0.3, 0.4) is 0 Å². The monoisotopic (exact) mass is 494 g/mol. The lowest BCUT2D eigenvalue weighted by molar-refractivity contribution is 0.402. The van der Waals surface area contributed by atoms with Crippen LogP contribution in [0.2, 0.25) is 0 Å². The molecule has 0 fully saturated rings. The lowest BCUT2D eigenvalue weighted by Gasteiger charge is -2.11. The minimum Gasteiger partial charge on any atom is -0.494 e. The summed E-state index contributed by atoms with van der Waals surface area (Å²) in [6, 6.07) is 19.3. The molecule has 3 N–H and O–H groups in total. The molecule has 7 nitrogen and oxygen atoms in total. The Balaban J connectivity index is 1.79. The van der Waals surface area contributed by atoms with Crippen LogP contribution in [0.15, 0.2) is 71.7 Å². The summed E-state index contributed by atoms with van der Waals surface area (Å²) in [7, 11) is 0.690. The highest BCUT2D eigenvalue weighted by atomic mass is 32.2. The fourth-order valence-corrected chi connectivity index (χ4v) is 4.25. The van der Waals surface area contributed by atoms with Crippen molar-refractivity contribution in [1.82, 2.24) is 14.6 Å². The molecule has 0 unspecified atom stereocenters. The molecule has 0 spiro atoms. The van der Waals surface area contributed by atoms with Gasteiger partial charge in [0.1, 0.15) is 5.82 Å². The largest absolute Gasteiger partial charge is 0.494 e. The molecule has 0 saturated heterocycles. The Morgan fingerprint density at radius 2 is 1.69 bits per heavy atom. The van der Waals surface area contributed by atoms with Crippen LogP contribution >= 0.6 is 0 Å². The number of aromatic amines is 1. The van der Waals surface area contributed by atoms with Crippen molar-refractivity contribution in [2.75, 3.05) is 20.4 Å². The number of rotatable bonds is 8. The zero-order valence-corrected chi connectivity index (χ0v) is 20.5.